The number of benzene rings is 2. The predicted molar refractivity (Wildman–Crippen MR) is 113 cm³/mol. The van der Waals surface area contributed by atoms with Crippen LogP contribution in [0.3, 0.4) is 0 Å². The van der Waals surface area contributed by atoms with Gasteiger partial charge >= 0.3 is 0 Å². The zero-order valence-corrected chi connectivity index (χ0v) is 17.1. The summed E-state index contributed by atoms with van der Waals surface area (Å²) in [5.41, 5.74) is 1.05. The van der Waals surface area contributed by atoms with Crippen LogP contribution in [0.1, 0.15) is 10.5 Å². The number of hydrogen-bond donors (Lipinski definition) is 2. The molecule has 4 aromatic rings. The Morgan fingerprint density at radius 3 is 2.63 bits per heavy atom. The molecule has 0 bridgehead atoms. The van der Waals surface area contributed by atoms with E-state index in [0.29, 0.717) is 10.7 Å². The van der Waals surface area contributed by atoms with E-state index in [-0.39, 0.29) is 17.1 Å². The summed E-state index contributed by atoms with van der Waals surface area (Å²) in [4.78, 5) is 25.7. The predicted octanol–water partition coefficient (Wildman–Crippen LogP) is 3.52. The number of amides is 1. The van der Waals surface area contributed by atoms with Gasteiger partial charge in [0, 0.05) is 18.1 Å². The topological polar surface area (TPSA) is 114 Å². The van der Waals surface area contributed by atoms with Crippen LogP contribution in [0.4, 0.5) is 15.8 Å². The Morgan fingerprint density at radius 2 is 1.87 bits per heavy atom. The van der Waals surface area contributed by atoms with Crippen molar-refractivity contribution in [3.8, 4) is 10.7 Å². The van der Waals surface area contributed by atoms with Crippen molar-refractivity contribution in [1.29, 1.82) is 0 Å². The highest BCUT2D eigenvalue weighted by Crippen LogP contribution is 2.30. The molecule has 0 unspecified atom stereocenters. The van der Waals surface area contributed by atoms with Gasteiger partial charge in [-0.25, -0.2) is 27.8 Å². The molecule has 4 rings (SSSR count). The molecule has 30 heavy (non-hydrogen) atoms. The first-order valence-corrected chi connectivity index (χ1v) is 11.3. The van der Waals surface area contributed by atoms with Crippen molar-refractivity contribution in [2.24, 2.45) is 0 Å². The van der Waals surface area contributed by atoms with E-state index < -0.39 is 21.7 Å². The smallest absolute Gasteiger partial charge is 0.276 e. The fraction of sp³-hybridized carbons (Fsp3) is 0.0526. The molecule has 1 amide bonds. The third-order valence-corrected chi connectivity index (χ3v) is 5.56. The second-order valence-electron chi connectivity index (χ2n) is 6.26. The average Bonchev–Trinajstić information content (AvgIpc) is 3.13. The standard InChI is InChI=1S/C19H14FN5O3S2/c1-30(27,28)25-14-10-11(6-7-12(14)20)23-18(26)16-17(22-9-8-21-16)19-24-13-4-2-3-5-15(13)29-19/h2-10,25H,1H3,(H,23,26). The van der Waals surface area contributed by atoms with Crippen LogP contribution in [0.15, 0.2) is 54.9 Å². The molecule has 0 saturated heterocycles. The SMILES string of the molecule is CS(=O)(=O)Nc1cc(NC(=O)c2nccnc2-c2nc3ccccc3s2)ccc1F. The molecule has 0 aliphatic heterocycles. The van der Waals surface area contributed by atoms with E-state index in [4.69, 9.17) is 0 Å². The van der Waals surface area contributed by atoms with Crippen LogP contribution in [-0.4, -0.2) is 35.5 Å². The normalized spacial score (nSPS) is 11.4. The van der Waals surface area contributed by atoms with Gasteiger partial charge in [-0.2, -0.15) is 0 Å². The summed E-state index contributed by atoms with van der Waals surface area (Å²) in [6.45, 7) is 0. The second-order valence-corrected chi connectivity index (χ2v) is 9.04. The molecule has 0 aliphatic rings. The summed E-state index contributed by atoms with van der Waals surface area (Å²) >= 11 is 1.38. The molecule has 152 valence electrons. The molecule has 0 aliphatic carbocycles. The number of rotatable bonds is 5. The molecule has 2 heterocycles. The van der Waals surface area contributed by atoms with Crippen molar-refractivity contribution in [3.05, 3.63) is 66.4 Å². The second kappa shape index (κ2) is 7.76. The minimum absolute atomic E-state index is 0.0403. The third kappa shape index (κ3) is 4.26. The van der Waals surface area contributed by atoms with E-state index in [1.54, 1.807) is 0 Å². The summed E-state index contributed by atoms with van der Waals surface area (Å²) in [5.74, 6) is -1.36. The molecule has 0 spiro atoms. The van der Waals surface area contributed by atoms with Crippen LogP contribution in [0.25, 0.3) is 20.9 Å². The molecule has 0 radical (unpaired) electrons. The van der Waals surface area contributed by atoms with Gasteiger partial charge in [0.1, 0.15) is 16.5 Å². The molecule has 0 atom stereocenters. The lowest BCUT2D eigenvalue weighted by Crippen LogP contribution is -2.16. The average molecular weight is 443 g/mol. The van der Waals surface area contributed by atoms with Gasteiger partial charge in [0.25, 0.3) is 5.91 Å². The van der Waals surface area contributed by atoms with Crippen molar-refractivity contribution in [2.45, 2.75) is 0 Å². The number of hydrogen-bond acceptors (Lipinski definition) is 7. The Morgan fingerprint density at radius 1 is 1.10 bits per heavy atom. The molecule has 8 nitrogen and oxygen atoms in total. The zero-order valence-electron chi connectivity index (χ0n) is 15.5. The number of fused-ring (bicyclic) bond motifs is 1. The van der Waals surface area contributed by atoms with Gasteiger partial charge in [-0.05, 0) is 30.3 Å². The monoisotopic (exact) mass is 443 g/mol. The van der Waals surface area contributed by atoms with Crippen molar-refractivity contribution in [2.75, 3.05) is 16.3 Å². The Kier molecular flexibility index (Phi) is 5.14. The minimum atomic E-state index is -3.68. The van der Waals surface area contributed by atoms with E-state index in [1.807, 2.05) is 24.3 Å². The van der Waals surface area contributed by atoms with Crippen molar-refractivity contribution in [3.63, 3.8) is 0 Å². The lowest BCUT2D eigenvalue weighted by atomic mass is 10.2. The first-order valence-electron chi connectivity index (χ1n) is 8.56. The van der Waals surface area contributed by atoms with E-state index in [2.05, 4.69) is 25.0 Å². The van der Waals surface area contributed by atoms with Gasteiger partial charge in [0.05, 0.1) is 22.2 Å². The van der Waals surface area contributed by atoms with Crippen LogP contribution in [0, 0.1) is 5.82 Å². The molecule has 0 saturated carbocycles. The van der Waals surface area contributed by atoms with Crippen LogP contribution in [0.5, 0.6) is 0 Å². The van der Waals surface area contributed by atoms with Gasteiger partial charge in [-0.15, -0.1) is 11.3 Å². The maximum atomic E-state index is 13.9. The van der Waals surface area contributed by atoms with Gasteiger partial charge < -0.3 is 5.32 Å². The Labute approximate surface area is 174 Å². The number of aromatic nitrogens is 3. The van der Waals surface area contributed by atoms with Gasteiger partial charge in [-0.3, -0.25) is 9.52 Å². The summed E-state index contributed by atoms with van der Waals surface area (Å²) in [6, 6.07) is 11.1. The molecule has 2 aromatic carbocycles. The van der Waals surface area contributed by atoms with Crippen LogP contribution in [-0.2, 0) is 10.0 Å². The number of sulfonamides is 1. The summed E-state index contributed by atoms with van der Waals surface area (Å²) in [5, 5.41) is 3.12. The Balaban J connectivity index is 1.66. The van der Waals surface area contributed by atoms with Crippen LogP contribution < -0.4 is 10.0 Å². The molecule has 0 fully saturated rings. The minimum Gasteiger partial charge on any atom is -0.321 e. The third-order valence-electron chi connectivity index (χ3n) is 3.93. The molecule has 2 N–H and O–H groups in total. The first kappa shape index (κ1) is 19.9. The quantitative estimate of drug-likeness (QED) is 0.488. The number of thiazole rings is 1. The highest BCUT2D eigenvalue weighted by atomic mass is 32.2. The highest BCUT2D eigenvalue weighted by Gasteiger charge is 2.19. The number of carbonyl (C=O) groups excluding carboxylic acids is 1. The summed E-state index contributed by atoms with van der Waals surface area (Å²) < 4.78 is 39.7. The van der Waals surface area contributed by atoms with E-state index in [9.17, 15) is 17.6 Å². The van der Waals surface area contributed by atoms with Crippen molar-refractivity contribution < 1.29 is 17.6 Å². The zero-order chi connectivity index (χ0) is 21.3. The maximum Gasteiger partial charge on any atom is 0.276 e. The van der Waals surface area contributed by atoms with E-state index in [0.717, 1.165) is 22.5 Å². The van der Waals surface area contributed by atoms with Crippen LogP contribution in [0.2, 0.25) is 0 Å². The molecule has 2 aromatic heterocycles. The van der Waals surface area contributed by atoms with E-state index >= 15 is 0 Å². The lowest BCUT2D eigenvalue weighted by molar-refractivity contribution is 0.102. The van der Waals surface area contributed by atoms with Crippen molar-refractivity contribution >= 4 is 48.9 Å². The fourth-order valence-electron chi connectivity index (χ4n) is 2.71. The first-order chi connectivity index (χ1) is 14.3. The number of halogens is 1. The highest BCUT2D eigenvalue weighted by molar-refractivity contribution is 7.92. The number of carbonyl (C=O) groups is 1. The maximum absolute atomic E-state index is 13.9. The number of anilines is 2. The molecule has 11 heteroatoms. The van der Waals surface area contributed by atoms with Gasteiger partial charge in [0.15, 0.2) is 5.69 Å². The molecular weight excluding hydrogens is 429 g/mol. The largest absolute Gasteiger partial charge is 0.321 e. The molecular formula is C19H14FN5O3S2. The number of para-hydroxylation sites is 1. The number of nitrogens with one attached hydrogen (secondary N) is 2. The van der Waals surface area contributed by atoms with Crippen molar-refractivity contribution in [1.82, 2.24) is 15.0 Å². The fourth-order valence-corrected chi connectivity index (χ4v) is 4.22. The van der Waals surface area contributed by atoms with Crippen LogP contribution >= 0.6 is 11.3 Å². The Hall–Kier alpha value is -3.44. The van der Waals surface area contributed by atoms with E-state index in [1.165, 1.54) is 35.9 Å². The Bertz CT molecular complexity index is 1340. The lowest BCUT2D eigenvalue weighted by Gasteiger charge is -2.10. The summed E-state index contributed by atoms with van der Waals surface area (Å²) in [7, 11) is -3.68. The van der Waals surface area contributed by atoms with Gasteiger partial charge in [0.2, 0.25) is 10.0 Å². The summed E-state index contributed by atoms with van der Waals surface area (Å²) in [6.07, 6.45) is 3.75. The van der Waals surface area contributed by atoms with Gasteiger partial charge in [-0.1, -0.05) is 12.1 Å². The number of nitrogens with zero attached hydrogens (tertiary/aromatic N) is 3.